The van der Waals surface area contributed by atoms with Crippen LogP contribution in [0.2, 0.25) is 5.02 Å². The molecule has 0 amide bonds. The minimum Gasteiger partial charge on any atom is -0.366 e. The third-order valence-corrected chi connectivity index (χ3v) is 6.20. The quantitative estimate of drug-likeness (QED) is 0.609. The van der Waals surface area contributed by atoms with Crippen LogP contribution < -0.4 is 10.5 Å². The molecule has 0 spiro atoms. The Morgan fingerprint density at radius 2 is 2.00 bits per heavy atom. The molecule has 7 nitrogen and oxygen atoms in total. The van der Waals surface area contributed by atoms with Crippen LogP contribution in [0.25, 0.3) is 11.0 Å². The Balaban J connectivity index is 1.69. The van der Waals surface area contributed by atoms with Gasteiger partial charge in [-0.15, -0.1) is 0 Å². The summed E-state index contributed by atoms with van der Waals surface area (Å²) in [6.07, 6.45) is 0. The van der Waals surface area contributed by atoms with Crippen LogP contribution in [0.4, 0.5) is 10.1 Å². The summed E-state index contributed by atoms with van der Waals surface area (Å²) in [7, 11) is 1.59. The molecule has 1 fully saturated rings. The van der Waals surface area contributed by atoms with Crippen LogP contribution in [0, 0.1) is 28.5 Å². The molecule has 1 aliphatic heterocycles. The van der Waals surface area contributed by atoms with Crippen molar-refractivity contribution in [1.29, 1.82) is 10.5 Å². The smallest absolute Gasteiger partial charge is 0.270 e. The molecule has 0 radical (unpaired) electrons. The van der Waals surface area contributed by atoms with Gasteiger partial charge in [0, 0.05) is 39.3 Å². The van der Waals surface area contributed by atoms with Crippen molar-refractivity contribution in [1.82, 2.24) is 14.5 Å². The maximum absolute atomic E-state index is 13.8. The highest BCUT2D eigenvalue weighted by atomic mass is 35.5. The summed E-state index contributed by atoms with van der Waals surface area (Å²) in [6, 6.07) is 12.2. The van der Waals surface area contributed by atoms with Gasteiger partial charge in [0.05, 0.1) is 16.2 Å². The molecule has 0 saturated carbocycles. The summed E-state index contributed by atoms with van der Waals surface area (Å²) < 4.78 is 15.2. The molecule has 2 aromatic heterocycles. The van der Waals surface area contributed by atoms with Gasteiger partial charge in [-0.2, -0.15) is 10.5 Å². The highest BCUT2D eigenvalue weighted by Crippen LogP contribution is 2.30. The lowest BCUT2D eigenvalue weighted by atomic mass is 10.1. The molecule has 1 atom stereocenters. The van der Waals surface area contributed by atoms with Gasteiger partial charge in [-0.3, -0.25) is 9.69 Å². The number of aromatic nitrogens is 2. The number of fused-ring (bicyclic) bond motifs is 1. The van der Waals surface area contributed by atoms with Crippen molar-refractivity contribution in [3.8, 4) is 12.1 Å². The zero-order valence-electron chi connectivity index (χ0n) is 17.6. The predicted octanol–water partition coefficient (Wildman–Crippen LogP) is 3.18. The number of pyridine rings is 2. The van der Waals surface area contributed by atoms with E-state index in [1.807, 2.05) is 24.0 Å². The van der Waals surface area contributed by atoms with Crippen molar-refractivity contribution >= 4 is 28.3 Å². The molecule has 3 heterocycles. The Morgan fingerprint density at radius 3 is 2.66 bits per heavy atom. The zero-order chi connectivity index (χ0) is 23.0. The molecule has 0 aliphatic carbocycles. The van der Waals surface area contributed by atoms with Gasteiger partial charge in [-0.05, 0) is 36.8 Å². The average Bonchev–Trinajstić information content (AvgIpc) is 2.79. The highest BCUT2D eigenvalue weighted by molar-refractivity contribution is 6.30. The van der Waals surface area contributed by atoms with E-state index in [-0.39, 0.29) is 22.3 Å². The van der Waals surface area contributed by atoms with Gasteiger partial charge in [0.2, 0.25) is 0 Å². The van der Waals surface area contributed by atoms with Crippen molar-refractivity contribution in [2.45, 2.75) is 19.5 Å². The molecular formula is C23H20ClFN6O. The van der Waals surface area contributed by atoms with Crippen molar-refractivity contribution in [3.63, 3.8) is 0 Å². The van der Waals surface area contributed by atoms with Gasteiger partial charge < -0.3 is 9.47 Å². The maximum atomic E-state index is 13.8. The summed E-state index contributed by atoms with van der Waals surface area (Å²) in [6.45, 7) is 4.34. The van der Waals surface area contributed by atoms with Gasteiger partial charge in [-0.1, -0.05) is 17.7 Å². The predicted molar refractivity (Wildman–Crippen MR) is 120 cm³/mol. The summed E-state index contributed by atoms with van der Waals surface area (Å²) in [5, 5.41) is 19.2. The molecule has 32 heavy (non-hydrogen) atoms. The van der Waals surface area contributed by atoms with Crippen LogP contribution in [0.15, 0.2) is 35.1 Å². The second-order valence-corrected chi connectivity index (χ2v) is 8.30. The third-order valence-electron chi connectivity index (χ3n) is 5.89. The Hall–Kier alpha value is -3.46. The van der Waals surface area contributed by atoms with E-state index in [1.165, 1.54) is 10.6 Å². The molecule has 1 saturated heterocycles. The second-order valence-electron chi connectivity index (χ2n) is 7.89. The van der Waals surface area contributed by atoms with Crippen molar-refractivity contribution in [3.05, 3.63) is 68.3 Å². The van der Waals surface area contributed by atoms with E-state index in [9.17, 15) is 19.7 Å². The second kappa shape index (κ2) is 8.58. The Kier molecular flexibility index (Phi) is 5.84. The van der Waals surface area contributed by atoms with Gasteiger partial charge >= 0.3 is 0 Å². The summed E-state index contributed by atoms with van der Waals surface area (Å²) in [5.41, 5.74) is 2.16. The van der Waals surface area contributed by atoms with E-state index in [0.717, 1.165) is 5.56 Å². The molecule has 1 aliphatic rings. The van der Waals surface area contributed by atoms with Crippen LogP contribution in [0.1, 0.15) is 23.7 Å². The number of benzene rings is 1. The van der Waals surface area contributed by atoms with Crippen molar-refractivity contribution < 1.29 is 4.39 Å². The topological polar surface area (TPSA) is 88.9 Å². The molecule has 1 aromatic carbocycles. The van der Waals surface area contributed by atoms with E-state index < -0.39 is 11.4 Å². The van der Waals surface area contributed by atoms with Crippen LogP contribution in [0.3, 0.4) is 0 Å². The Labute approximate surface area is 189 Å². The summed E-state index contributed by atoms with van der Waals surface area (Å²) in [4.78, 5) is 21.5. The Bertz CT molecular complexity index is 1360. The molecule has 0 bridgehead atoms. The standard InChI is InChI=1S/C23H20ClFN6O/c1-14-12-31(8-7-30(14)13-15-3-5-18(24)19(25)9-15)22-17(11-27)23(32)29(2)20-6-4-16(10-26)28-21(20)22/h3-6,9,14H,7-8,12-13H2,1-2H3/t14-/m1/s1. The Morgan fingerprint density at radius 1 is 1.22 bits per heavy atom. The van der Waals surface area contributed by atoms with E-state index in [2.05, 4.69) is 9.88 Å². The molecule has 9 heteroatoms. The number of piperazine rings is 1. The van der Waals surface area contributed by atoms with E-state index in [4.69, 9.17) is 11.6 Å². The lowest BCUT2D eigenvalue weighted by molar-refractivity contribution is 0.181. The molecule has 3 aromatic rings. The van der Waals surface area contributed by atoms with Crippen molar-refractivity contribution in [2.24, 2.45) is 7.05 Å². The number of rotatable bonds is 3. The lowest BCUT2D eigenvalue weighted by Gasteiger charge is -2.41. The zero-order valence-corrected chi connectivity index (χ0v) is 18.4. The number of anilines is 1. The average molecular weight is 451 g/mol. The van der Waals surface area contributed by atoms with E-state index in [1.54, 1.807) is 31.3 Å². The van der Waals surface area contributed by atoms with Crippen molar-refractivity contribution in [2.75, 3.05) is 24.5 Å². The number of hydrogen-bond donors (Lipinski definition) is 0. The monoisotopic (exact) mass is 450 g/mol. The number of nitrogens with zero attached hydrogens (tertiary/aromatic N) is 6. The molecule has 4 rings (SSSR count). The van der Waals surface area contributed by atoms with Crippen LogP contribution in [-0.4, -0.2) is 40.1 Å². The van der Waals surface area contributed by atoms with Gasteiger partial charge in [0.25, 0.3) is 5.56 Å². The first-order valence-corrected chi connectivity index (χ1v) is 10.5. The molecule has 162 valence electrons. The normalized spacial score (nSPS) is 16.7. The van der Waals surface area contributed by atoms with E-state index >= 15 is 0 Å². The summed E-state index contributed by atoms with van der Waals surface area (Å²) >= 11 is 5.79. The highest BCUT2D eigenvalue weighted by Gasteiger charge is 2.29. The molecule has 0 N–H and O–H groups in total. The lowest BCUT2D eigenvalue weighted by Crippen LogP contribution is -2.52. The first kappa shape index (κ1) is 21.8. The van der Waals surface area contributed by atoms with Gasteiger partial charge in [0.1, 0.15) is 34.7 Å². The first-order chi connectivity index (χ1) is 15.3. The number of nitriles is 2. The van der Waals surface area contributed by atoms with Gasteiger partial charge in [0.15, 0.2) is 0 Å². The third kappa shape index (κ3) is 3.80. The molecule has 0 unspecified atom stereocenters. The fraction of sp³-hybridized carbons (Fsp3) is 0.304. The summed E-state index contributed by atoms with van der Waals surface area (Å²) in [5.74, 6) is -0.444. The number of halogens is 2. The minimum atomic E-state index is -0.444. The van der Waals surface area contributed by atoms with Crippen LogP contribution in [-0.2, 0) is 13.6 Å². The maximum Gasteiger partial charge on any atom is 0.270 e. The SMILES string of the molecule is C[C@@H]1CN(c2c(C#N)c(=O)n(C)c3ccc(C#N)nc23)CCN1Cc1ccc(Cl)c(F)c1. The van der Waals surface area contributed by atoms with Gasteiger partial charge in [-0.25, -0.2) is 9.37 Å². The largest absolute Gasteiger partial charge is 0.366 e. The first-order valence-electron chi connectivity index (χ1n) is 10.1. The number of aryl methyl sites for hydroxylation is 1. The minimum absolute atomic E-state index is 0.0167. The fourth-order valence-corrected chi connectivity index (χ4v) is 4.29. The van der Waals surface area contributed by atoms with E-state index in [0.29, 0.717) is 42.9 Å². The van der Waals surface area contributed by atoms with Crippen LogP contribution >= 0.6 is 11.6 Å². The molecular weight excluding hydrogens is 431 g/mol. The number of hydrogen-bond acceptors (Lipinski definition) is 6. The van der Waals surface area contributed by atoms with Crippen LogP contribution in [0.5, 0.6) is 0 Å². The fourth-order valence-electron chi connectivity index (χ4n) is 4.17.